The van der Waals surface area contributed by atoms with Crippen LogP contribution in [0.25, 0.3) is 0 Å². The minimum atomic E-state index is 0.0689. The lowest BCUT2D eigenvalue weighted by Gasteiger charge is -2.30. The Hall–Kier alpha value is -2.90. The number of carbonyl (C=O) groups is 1. The van der Waals surface area contributed by atoms with E-state index < -0.39 is 0 Å². The summed E-state index contributed by atoms with van der Waals surface area (Å²) >= 11 is 0. The second kappa shape index (κ2) is 12.7. The first-order chi connectivity index (χ1) is 17.2. The van der Waals surface area contributed by atoms with Crippen molar-refractivity contribution < 1.29 is 4.79 Å². The highest BCUT2D eigenvalue weighted by Crippen LogP contribution is 2.25. The van der Waals surface area contributed by atoms with Gasteiger partial charge in [-0.2, -0.15) is 15.0 Å². The summed E-state index contributed by atoms with van der Waals surface area (Å²) in [6, 6.07) is 7.80. The molecule has 2 N–H and O–H groups in total. The molecule has 1 aromatic carbocycles. The van der Waals surface area contributed by atoms with E-state index >= 15 is 0 Å². The fourth-order valence-electron chi connectivity index (χ4n) is 4.86. The minimum absolute atomic E-state index is 0.0689. The lowest BCUT2D eigenvalue weighted by atomic mass is 9.98. The van der Waals surface area contributed by atoms with Crippen LogP contribution in [-0.2, 0) is 4.79 Å². The van der Waals surface area contributed by atoms with E-state index in [1.807, 2.05) is 24.3 Å². The lowest BCUT2D eigenvalue weighted by molar-refractivity contribution is -0.120. The molecule has 2 aromatic rings. The maximum atomic E-state index is 12.6. The molecule has 1 amide bonds. The largest absolute Gasteiger partial charge is 0.341 e. The normalized spacial score (nSPS) is 17.2. The first-order valence-corrected chi connectivity index (χ1v) is 13.6. The van der Waals surface area contributed by atoms with Gasteiger partial charge < -0.3 is 20.4 Å². The molecule has 8 heteroatoms. The Morgan fingerprint density at radius 3 is 1.89 bits per heavy atom. The monoisotopic (exact) mass is 479 g/mol. The predicted octanol–water partition coefficient (Wildman–Crippen LogP) is 5.75. The van der Waals surface area contributed by atoms with Gasteiger partial charge in [-0.15, -0.1) is 0 Å². The molecule has 0 saturated carbocycles. The Morgan fingerprint density at radius 1 is 0.829 bits per heavy atom. The number of piperidine rings is 2. The van der Waals surface area contributed by atoms with Gasteiger partial charge >= 0.3 is 0 Å². The van der Waals surface area contributed by atoms with Gasteiger partial charge in [0.15, 0.2) is 0 Å². The molecule has 1 atom stereocenters. The van der Waals surface area contributed by atoms with Gasteiger partial charge in [0, 0.05) is 43.5 Å². The van der Waals surface area contributed by atoms with Gasteiger partial charge in [0.25, 0.3) is 0 Å². The van der Waals surface area contributed by atoms with Crippen LogP contribution in [0.3, 0.4) is 0 Å². The van der Waals surface area contributed by atoms with Crippen LogP contribution in [0.4, 0.5) is 29.2 Å². The molecule has 8 nitrogen and oxygen atoms in total. The SMILES string of the molecule is CCCCC(CC)C(=O)Nc1ccc(Nc2nc(N3CCCCC3)nc(N3CCCCC3)n2)cc1. The standard InChI is InChI=1S/C27H41N7O/c1-3-5-12-21(4-2)24(35)28-22-13-15-23(16-14-22)29-25-30-26(33-17-8-6-9-18-33)32-27(31-25)34-19-10-7-11-20-34/h13-16,21H,3-12,17-20H2,1-2H3,(H,28,35)(H,29,30,31,32). The Morgan fingerprint density at radius 2 is 1.37 bits per heavy atom. The molecule has 1 unspecified atom stereocenters. The maximum absolute atomic E-state index is 12.6. The average molecular weight is 480 g/mol. The molecule has 2 saturated heterocycles. The van der Waals surface area contributed by atoms with Crippen molar-refractivity contribution in [3.8, 4) is 0 Å². The van der Waals surface area contributed by atoms with Crippen molar-refractivity contribution in [2.75, 3.05) is 46.6 Å². The minimum Gasteiger partial charge on any atom is -0.341 e. The number of rotatable bonds is 10. The van der Waals surface area contributed by atoms with Gasteiger partial charge in [0.2, 0.25) is 23.8 Å². The molecule has 2 aliphatic rings. The zero-order chi connectivity index (χ0) is 24.5. The summed E-state index contributed by atoms with van der Waals surface area (Å²) in [7, 11) is 0. The highest BCUT2D eigenvalue weighted by molar-refractivity contribution is 5.92. The second-order valence-electron chi connectivity index (χ2n) is 9.79. The van der Waals surface area contributed by atoms with Crippen LogP contribution in [0.2, 0.25) is 0 Å². The fraction of sp³-hybridized carbons (Fsp3) is 0.630. The van der Waals surface area contributed by atoms with E-state index in [2.05, 4.69) is 34.3 Å². The van der Waals surface area contributed by atoms with Crippen LogP contribution in [0.1, 0.15) is 78.1 Å². The van der Waals surface area contributed by atoms with Crippen molar-refractivity contribution in [2.24, 2.45) is 5.92 Å². The number of carbonyl (C=O) groups excluding carboxylic acids is 1. The summed E-state index contributed by atoms with van der Waals surface area (Å²) < 4.78 is 0. The quantitative estimate of drug-likeness (QED) is 0.449. The third-order valence-corrected chi connectivity index (χ3v) is 7.07. The van der Waals surface area contributed by atoms with Gasteiger partial charge in [0.1, 0.15) is 0 Å². The Kier molecular flexibility index (Phi) is 9.15. The van der Waals surface area contributed by atoms with E-state index in [4.69, 9.17) is 15.0 Å². The fourth-order valence-corrected chi connectivity index (χ4v) is 4.86. The molecule has 2 aliphatic heterocycles. The Labute approximate surface area is 209 Å². The molecular formula is C27H41N7O. The molecule has 0 spiro atoms. The van der Waals surface area contributed by atoms with E-state index in [0.29, 0.717) is 5.95 Å². The summed E-state index contributed by atoms with van der Waals surface area (Å²) in [6.07, 6.45) is 11.3. The van der Waals surface area contributed by atoms with Crippen molar-refractivity contribution in [2.45, 2.75) is 78.1 Å². The van der Waals surface area contributed by atoms with Crippen LogP contribution in [-0.4, -0.2) is 47.0 Å². The van der Waals surface area contributed by atoms with Crippen LogP contribution in [0.15, 0.2) is 24.3 Å². The molecule has 0 aliphatic carbocycles. The number of unbranched alkanes of at least 4 members (excludes halogenated alkanes) is 1. The van der Waals surface area contributed by atoms with Crippen molar-refractivity contribution in [3.63, 3.8) is 0 Å². The number of anilines is 5. The van der Waals surface area contributed by atoms with Crippen molar-refractivity contribution in [3.05, 3.63) is 24.3 Å². The summed E-state index contributed by atoms with van der Waals surface area (Å²) in [6.45, 7) is 8.22. The second-order valence-corrected chi connectivity index (χ2v) is 9.79. The number of hydrogen-bond donors (Lipinski definition) is 2. The van der Waals surface area contributed by atoms with Crippen molar-refractivity contribution >= 4 is 35.1 Å². The molecule has 2 fully saturated rings. The third kappa shape index (κ3) is 7.05. The summed E-state index contributed by atoms with van der Waals surface area (Å²) in [4.78, 5) is 31.6. The molecule has 1 aromatic heterocycles. The smallest absolute Gasteiger partial charge is 0.233 e. The Bertz CT molecular complexity index is 901. The highest BCUT2D eigenvalue weighted by atomic mass is 16.1. The number of nitrogens with one attached hydrogen (secondary N) is 2. The van der Waals surface area contributed by atoms with E-state index in [9.17, 15) is 4.79 Å². The third-order valence-electron chi connectivity index (χ3n) is 7.07. The van der Waals surface area contributed by atoms with Gasteiger partial charge in [0.05, 0.1) is 0 Å². The number of hydrogen-bond acceptors (Lipinski definition) is 7. The highest BCUT2D eigenvalue weighted by Gasteiger charge is 2.20. The predicted molar refractivity (Wildman–Crippen MR) is 144 cm³/mol. The van der Waals surface area contributed by atoms with Gasteiger partial charge in [-0.05, 0) is 75.6 Å². The first-order valence-electron chi connectivity index (χ1n) is 13.6. The average Bonchev–Trinajstić information content (AvgIpc) is 2.91. The van der Waals surface area contributed by atoms with Crippen molar-refractivity contribution in [1.29, 1.82) is 0 Å². The molecule has 3 heterocycles. The number of aromatic nitrogens is 3. The zero-order valence-corrected chi connectivity index (χ0v) is 21.4. The van der Waals surface area contributed by atoms with Gasteiger partial charge in [-0.3, -0.25) is 4.79 Å². The molecule has 0 bridgehead atoms. The van der Waals surface area contributed by atoms with Crippen LogP contribution in [0.5, 0.6) is 0 Å². The Balaban J connectivity index is 1.46. The van der Waals surface area contributed by atoms with Crippen LogP contribution < -0.4 is 20.4 Å². The zero-order valence-electron chi connectivity index (χ0n) is 21.4. The molecule has 0 radical (unpaired) electrons. The molecular weight excluding hydrogens is 438 g/mol. The summed E-state index contributed by atoms with van der Waals surface area (Å²) in [5, 5.41) is 6.45. The van der Waals surface area contributed by atoms with Crippen molar-refractivity contribution in [1.82, 2.24) is 15.0 Å². The van der Waals surface area contributed by atoms with E-state index in [1.165, 1.54) is 38.5 Å². The molecule has 4 rings (SSSR count). The van der Waals surface area contributed by atoms with E-state index in [-0.39, 0.29) is 11.8 Å². The number of amides is 1. The van der Waals surface area contributed by atoms with E-state index in [1.54, 1.807) is 0 Å². The molecule has 35 heavy (non-hydrogen) atoms. The molecule has 190 valence electrons. The van der Waals surface area contributed by atoms with E-state index in [0.717, 1.165) is 75.1 Å². The summed E-state index contributed by atoms with van der Waals surface area (Å²) in [5.74, 6) is 2.29. The topological polar surface area (TPSA) is 86.3 Å². The first kappa shape index (κ1) is 25.2. The van der Waals surface area contributed by atoms with Gasteiger partial charge in [-0.25, -0.2) is 0 Å². The maximum Gasteiger partial charge on any atom is 0.233 e. The lowest BCUT2D eigenvalue weighted by Crippen LogP contribution is -2.34. The summed E-state index contributed by atoms with van der Waals surface area (Å²) in [5.41, 5.74) is 1.70. The van der Waals surface area contributed by atoms with Gasteiger partial charge in [-0.1, -0.05) is 26.7 Å². The number of benzene rings is 1. The number of nitrogens with zero attached hydrogens (tertiary/aromatic N) is 5. The van der Waals surface area contributed by atoms with Crippen LogP contribution >= 0.6 is 0 Å². The van der Waals surface area contributed by atoms with Crippen LogP contribution in [0, 0.1) is 5.92 Å².